The molecule has 3 amide bonds. The van der Waals surface area contributed by atoms with Gasteiger partial charge in [-0.15, -0.1) is 0 Å². The molecule has 0 radical (unpaired) electrons. The van der Waals surface area contributed by atoms with E-state index in [1.165, 1.54) is 4.90 Å². The Hall–Kier alpha value is -3.53. The third kappa shape index (κ3) is 4.51. The van der Waals surface area contributed by atoms with Crippen molar-refractivity contribution in [3.63, 3.8) is 0 Å². The number of benzene rings is 2. The molecule has 2 saturated heterocycles. The molecule has 0 aromatic heterocycles. The molecule has 3 aliphatic heterocycles. The maximum atomic E-state index is 13.9. The molecule has 200 valence electrons. The quantitative estimate of drug-likeness (QED) is 0.484. The maximum Gasteiger partial charge on any atom is 0.268 e. The van der Waals surface area contributed by atoms with Gasteiger partial charge in [-0.1, -0.05) is 37.3 Å². The highest BCUT2D eigenvalue weighted by Crippen LogP contribution is 2.49. The van der Waals surface area contributed by atoms with E-state index in [0.717, 1.165) is 12.8 Å². The van der Waals surface area contributed by atoms with Crippen LogP contribution in [0.2, 0.25) is 0 Å². The lowest BCUT2D eigenvalue weighted by Gasteiger charge is -2.30. The average Bonchev–Trinajstić information content (AvgIpc) is 3.50. The van der Waals surface area contributed by atoms with Gasteiger partial charge in [0.25, 0.3) is 5.91 Å². The zero-order chi connectivity index (χ0) is 26.9. The van der Waals surface area contributed by atoms with Crippen molar-refractivity contribution >= 4 is 34.8 Å². The predicted octanol–water partition coefficient (Wildman–Crippen LogP) is 2.05. The summed E-state index contributed by atoms with van der Waals surface area (Å²) in [4.78, 5) is 44.1. The van der Waals surface area contributed by atoms with Gasteiger partial charge in [0.1, 0.15) is 0 Å². The van der Waals surface area contributed by atoms with Crippen molar-refractivity contribution in [2.24, 2.45) is 5.92 Å². The number of hydrogen-bond acceptors (Lipinski definition) is 6. The lowest BCUT2D eigenvalue weighted by atomic mass is 9.82. The number of carbonyl (C=O) groups excluding carboxylic acids is 3. The Morgan fingerprint density at radius 3 is 2.68 bits per heavy atom. The van der Waals surface area contributed by atoms with Gasteiger partial charge in [0.05, 0.1) is 24.9 Å². The van der Waals surface area contributed by atoms with Crippen LogP contribution in [0.4, 0.5) is 17.1 Å². The molecule has 38 heavy (non-hydrogen) atoms. The molecule has 0 unspecified atom stereocenters. The van der Waals surface area contributed by atoms with Crippen LogP contribution in [0.15, 0.2) is 60.7 Å². The van der Waals surface area contributed by atoms with E-state index < -0.39 is 17.4 Å². The van der Waals surface area contributed by atoms with Crippen LogP contribution in [-0.2, 0) is 20.0 Å². The maximum absolute atomic E-state index is 13.9. The van der Waals surface area contributed by atoms with Gasteiger partial charge in [-0.05, 0) is 43.2 Å². The smallest absolute Gasteiger partial charge is 0.268 e. The third-order valence-corrected chi connectivity index (χ3v) is 7.86. The van der Waals surface area contributed by atoms with Crippen LogP contribution in [0, 0.1) is 5.92 Å². The summed E-state index contributed by atoms with van der Waals surface area (Å²) in [5.74, 6) is -1.29. The Balaban J connectivity index is 1.46. The fourth-order valence-electron chi connectivity index (χ4n) is 5.72. The number of nitrogens with zero attached hydrogens (tertiary/aromatic N) is 3. The molecular weight excluding hydrogens is 484 g/mol. The van der Waals surface area contributed by atoms with E-state index in [2.05, 4.69) is 5.32 Å². The highest BCUT2D eigenvalue weighted by molar-refractivity contribution is 6.12. The number of likely N-dealkylation sites (tertiary alicyclic amines) is 1. The molecular formula is C29H34N4O5. The zero-order valence-electron chi connectivity index (χ0n) is 21.5. The van der Waals surface area contributed by atoms with Gasteiger partial charge in [0.2, 0.25) is 11.8 Å². The highest BCUT2D eigenvalue weighted by atomic mass is 16.3. The lowest BCUT2D eigenvalue weighted by molar-refractivity contribution is -0.138. The number of carbonyl (C=O) groups is 3. The zero-order valence-corrected chi connectivity index (χ0v) is 21.5. The van der Waals surface area contributed by atoms with Crippen molar-refractivity contribution in [3.05, 3.63) is 66.2 Å². The topological polar surface area (TPSA) is 113 Å². The number of rotatable bonds is 7. The van der Waals surface area contributed by atoms with Crippen LogP contribution in [0.25, 0.3) is 0 Å². The molecule has 0 spiro atoms. The Morgan fingerprint density at radius 1 is 1.16 bits per heavy atom. The summed E-state index contributed by atoms with van der Waals surface area (Å²) < 4.78 is 0. The van der Waals surface area contributed by atoms with E-state index in [1.807, 2.05) is 36.4 Å². The van der Waals surface area contributed by atoms with Crippen molar-refractivity contribution < 1.29 is 24.6 Å². The molecule has 2 aromatic rings. The number of para-hydroxylation sites is 1. The predicted molar refractivity (Wildman–Crippen MR) is 144 cm³/mol. The summed E-state index contributed by atoms with van der Waals surface area (Å²) in [6.07, 6.45) is 5.19. The Labute approximate surface area is 222 Å². The Kier molecular flexibility index (Phi) is 7.34. The van der Waals surface area contributed by atoms with E-state index >= 15 is 0 Å². The minimum Gasteiger partial charge on any atom is -0.394 e. The third-order valence-electron chi connectivity index (χ3n) is 7.86. The van der Waals surface area contributed by atoms with Gasteiger partial charge in [0, 0.05) is 48.9 Å². The number of fused-ring (bicyclic) bond motifs is 1. The largest absolute Gasteiger partial charge is 0.394 e. The molecule has 0 bridgehead atoms. The van der Waals surface area contributed by atoms with E-state index in [1.54, 1.807) is 41.0 Å². The van der Waals surface area contributed by atoms with E-state index in [4.69, 9.17) is 0 Å². The summed E-state index contributed by atoms with van der Waals surface area (Å²) in [6.45, 7) is 3.72. The minimum absolute atomic E-state index is 0.0515. The van der Waals surface area contributed by atoms with Crippen molar-refractivity contribution in [1.29, 1.82) is 0 Å². The summed E-state index contributed by atoms with van der Waals surface area (Å²) in [5.41, 5.74) is 0.370. The molecule has 5 rings (SSSR count). The lowest BCUT2D eigenvalue weighted by Crippen LogP contribution is -2.48. The molecule has 3 heterocycles. The van der Waals surface area contributed by atoms with Crippen LogP contribution in [-0.4, -0.2) is 71.7 Å². The van der Waals surface area contributed by atoms with Crippen LogP contribution in [0.5, 0.6) is 0 Å². The number of aliphatic hydroxyl groups is 2. The van der Waals surface area contributed by atoms with Crippen LogP contribution >= 0.6 is 0 Å². The number of amides is 3. The summed E-state index contributed by atoms with van der Waals surface area (Å²) in [6, 6.07) is 14.3. The number of piperazine rings is 1. The van der Waals surface area contributed by atoms with E-state index in [9.17, 15) is 24.6 Å². The van der Waals surface area contributed by atoms with Gasteiger partial charge >= 0.3 is 0 Å². The number of hydrogen-bond donors (Lipinski definition) is 3. The molecule has 2 aromatic carbocycles. The second-order valence-corrected chi connectivity index (χ2v) is 10.2. The fourth-order valence-corrected chi connectivity index (χ4v) is 5.72. The van der Waals surface area contributed by atoms with Crippen LogP contribution < -0.4 is 15.1 Å². The number of nitrogens with one attached hydrogen (secondary N) is 1. The minimum atomic E-state index is -1.89. The average molecular weight is 519 g/mol. The SMILES string of the molecule is C[C@H](/C=C/CC(=O)N1CCC[C@H]1CO)[C@@]1(O)C(=O)N(c2ccccc2)c2ccc(N3CCNCC3=O)cc21. The van der Waals surface area contributed by atoms with Crippen molar-refractivity contribution in [3.8, 4) is 0 Å². The van der Waals surface area contributed by atoms with Gasteiger partial charge < -0.3 is 25.3 Å². The molecule has 3 atom stereocenters. The van der Waals surface area contributed by atoms with Crippen molar-refractivity contribution in [2.45, 2.75) is 37.8 Å². The monoisotopic (exact) mass is 518 g/mol. The molecule has 2 fully saturated rings. The second kappa shape index (κ2) is 10.7. The molecule has 0 aliphatic carbocycles. The van der Waals surface area contributed by atoms with Crippen LogP contribution in [0.1, 0.15) is 31.7 Å². The normalized spacial score (nSPS) is 24.4. The molecule has 3 N–H and O–H groups in total. The standard InChI is InChI=1S/C29H34N4O5/c1-20(7-5-11-26(35)31-15-6-10-23(31)19-34)29(38)24-17-22(32-16-14-30-18-27(32)36)12-13-25(24)33(28(29)37)21-8-3-2-4-9-21/h2-5,7-9,12-13,17,20,23,30,34,38H,6,10-11,14-16,18-19H2,1H3/b7-5+/t20-,23+,29+/m1/s1. The van der Waals surface area contributed by atoms with E-state index in [0.29, 0.717) is 42.3 Å². The summed E-state index contributed by atoms with van der Waals surface area (Å²) in [5, 5.41) is 24.7. The Bertz CT molecular complexity index is 1250. The summed E-state index contributed by atoms with van der Waals surface area (Å²) in [7, 11) is 0. The number of aliphatic hydroxyl groups excluding tert-OH is 1. The molecule has 3 aliphatic rings. The van der Waals surface area contributed by atoms with Gasteiger partial charge in [0.15, 0.2) is 5.60 Å². The van der Waals surface area contributed by atoms with Gasteiger partial charge in [-0.3, -0.25) is 19.3 Å². The first-order valence-corrected chi connectivity index (χ1v) is 13.2. The molecule has 0 saturated carbocycles. The molecule has 9 heteroatoms. The van der Waals surface area contributed by atoms with Crippen molar-refractivity contribution in [1.82, 2.24) is 10.2 Å². The van der Waals surface area contributed by atoms with E-state index in [-0.39, 0.29) is 37.4 Å². The second-order valence-electron chi connectivity index (χ2n) is 10.2. The fraction of sp³-hybridized carbons (Fsp3) is 0.414. The first kappa shape index (κ1) is 26.1. The van der Waals surface area contributed by atoms with Gasteiger partial charge in [-0.2, -0.15) is 0 Å². The first-order chi connectivity index (χ1) is 18.4. The Morgan fingerprint density at radius 2 is 1.95 bits per heavy atom. The highest BCUT2D eigenvalue weighted by Gasteiger charge is 2.53. The van der Waals surface area contributed by atoms with Crippen LogP contribution in [0.3, 0.4) is 0 Å². The number of anilines is 3. The molecule has 9 nitrogen and oxygen atoms in total. The van der Waals surface area contributed by atoms with Crippen molar-refractivity contribution in [2.75, 3.05) is 42.6 Å². The van der Waals surface area contributed by atoms with Gasteiger partial charge in [-0.25, -0.2) is 0 Å². The summed E-state index contributed by atoms with van der Waals surface area (Å²) >= 11 is 0. The first-order valence-electron chi connectivity index (χ1n) is 13.2.